The molecule has 10 rings (SSSR count). The zero-order chi connectivity index (χ0) is 37.3. The topological polar surface area (TPSA) is 38.7 Å². The molecule has 0 amide bonds. The van der Waals surface area contributed by atoms with Crippen LogP contribution in [0.15, 0.2) is 212 Å². The van der Waals surface area contributed by atoms with E-state index in [4.69, 9.17) is 15.0 Å². The van der Waals surface area contributed by atoms with Gasteiger partial charge in [-0.05, 0) is 102 Å². The van der Waals surface area contributed by atoms with Crippen LogP contribution >= 0.6 is 0 Å². The second-order valence-corrected chi connectivity index (χ2v) is 14.1. The van der Waals surface area contributed by atoms with Gasteiger partial charge in [-0.15, -0.1) is 0 Å². The van der Waals surface area contributed by atoms with Gasteiger partial charge >= 0.3 is 0 Å². The predicted molar refractivity (Wildman–Crippen MR) is 233 cm³/mol. The minimum absolute atomic E-state index is 0.626. The highest BCUT2D eigenvalue weighted by Gasteiger charge is 2.16. The molecule has 0 unspecified atom stereocenters. The Kier molecular flexibility index (Phi) is 8.51. The van der Waals surface area contributed by atoms with E-state index in [0.29, 0.717) is 17.5 Å². The summed E-state index contributed by atoms with van der Waals surface area (Å²) in [6.07, 6.45) is 0. The van der Waals surface area contributed by atoms with Gasteiger partial charge in [-0.2, -0.15) is 0 Å². The summed E-state index contributed by atoms with van der Waals surface area (Å²) in [6.45, 7) is 0. The van der Waals surface area contributed by atoms with Crippen LogP contribution in [-0.2, 0) is 0 Å². The van der Waals surface area contributed by atoms with E-state index < -0.39 is 0 Å². The fourth-order valence-corrected chi connectivity index (χ4v) is 7.60. The van der Waals surface area contributed by atoms with Crippen molar-refractivity contribution < 1.29 is 0 Å². The standard InChI is InChI=1S/C53H35N3/c1-4-14-36(15-5-1)39-21-12-23-45(31-39)50-35-48(34-44-20-10-11-25-49(44)50)53-55-51(46-24-13-22-40(32-46)37-16-6-2-7-17-37)54-52(56-53)47-29-28-42-30-41(26-27-43(42)33-47)38-18-8-3-9-19-38/h1-35H. The number of rotatable bonds is 7. The zero-order valence-corrected chi connectivity index (χ0v) is 30.5. The van der Waals surface area contributed by atoms with E-state index in [2.05, 4.69) is 200 Å². The lowest BCUT2D eigenvalue weighted by molar-refractivity contribution is 1.08. The molecule has 0 bridgehead atoms. The van der Waals surface area contributed by atoms with Crippen molar-refractivity contribution in [3.8, 4) is 78.7 Å². The summed E-state index contributed by atoms with van der Waals surface area (Å²) in [6, 6.07) is 74.8. The molecule has 0 saturated heterocycles. The Morgan fingerprint density at radius 3 is 1.21 bits per heavy atom. The summed E-state index contributed by atoms with van der Waals surface area (Å²) in [4.78, 5) is 15.6. The second kappa shape index (κ2) is 14.4. The predicted octanol–water partition coefficient (Wildman–Crippen LogP) is 13.8. The highest BCUT2D eigenvalue weighted by Crippen LogP contribution is 2.37. The third kappa shape index (κ3) is 6.52. The number of fused-ring (bicyclic) bond motifs is 2. The van der Waals surface area contributed by atoms with E-state index >= 15 is 0 Å². The molecule has 0 spiro atoms. The van der Waals surface area contributed by atoms with E-state index in [0.717, 1.165) is 55.1 Å². The number of aromatic nitrogens is 3. The van der Waals surface area contributed by atoms with Crippen LogP contribution in [0, 0.1) is 0 Å². The van der Waals surface area contributed by atoms with Gasteiger partial charge in [0.15, 0.2) is 17.5 Å². The molecule has 3 nitrogen and oxygen atoms in total. The fourth-order valence-electron chi connectivity index (χ4n) is 7.60. The number of benzene rings is 9. The van der Waals surface area contributed by atoms with Crippen LogP contribution in [0.25, 0.3) is 100 Å². The lowest BCUT2D eigenvalue weighted by atomic mass is 9.93. The first kappa shape index (κ1) is 33.1. The summed E-state index contributed by atoms with van der Waals surface area (Å²) in [5.41, 5.74) is 12.1. The highest BCUT2D eigenvalue weighted by atomic mass is 15.0. The normalized spacial score (nSPS) is 11.2. The highest BCUT2D eigenvalue weighted by molar-refractivity contribution is 6.00. The van der Waals surface area contributed by atoms with Crippen LogP contribution in [0.1, 0.15) is 0 Å². The molecular weight excluding hydrogens is 679 g/mol. The molecule has 262 valence electrons. The quantitative estimate of drug-likeness (QED) is 0.165. The lowest BCUT2D eigenvalue weighted by Crippen LogP contribution is -2.01. The third-order valence-electron chi connectivity index (χ3n) is 10.5. The summed E-state index contributed by atoms with van der Waals surface area (Å²) < 4.78 is 0. The Morgan fingerprint density at radius 1 is 0.214 bits per heavy atom. The monoisotopic (exact) mass is 713 g/mol. The lowest BCUT2D eigenvalue weighted by Gasteiger charge is -2.14. The van der Waals surface area contributed by atoms with Gasteiger partial charge < -0.3 is 0 Å². The summed E-state index contributed by atoms with van der Waals surface area (Å²) in [5.74, 6) is 1.88. The van der Waals surface area contributed by atoms with Crippen molar-refractivity contribution in [3.63, 3.8) is 0 Å². The third-order valence-corrected chi connectivity index (χ3v) is 10.5. The molecule has 0 N–H and O–H groups in total. The molecule has 0 radical (unpaired) electrons. The summed E-state index contributed by atoms with van der Waals surface area (Å²) in [7, 11) is 0. The average molecular weight is 714 g/mol. The Labute approximate surface area is 326 Å². The van der Waals surface area contributed by atoms with Gasteiger partial charge in [0.1, 0.15) is 0 Å². The van der Waals surface area contributed by atoms with Crippen molar-refractivity contribution in [2.75, 3.05) is 0 Å². The first-order chi connectivity index (χ1) is 27.7. The molecule has 3 heteroatoms. The average Bonchev–Trinajstić information content (AvgIpc) is 3.29. The fraction of sp³-hybridized carbons (Fsp3) is 0. The molecule has 9 aromatic carbocycles. The molecule has 0 aliphatic rings. The van der Waals surface area contributed by atoms with E-state index in [1.54, 1.807) is 0 Å². The maximum absolute atomic E-state index is 5.24. The van der Waals surface area contributed by atoms with Crippen LogP contribution in [0.3, 0.4) is 0 Å². The van der Waals surface area contributed by atoms with E-state index in [-0.39, 0.29) is 0 Å². The van der Waals surface area contributed by atoms with E-state index in [1.807, 2.05) is 12.1 Å². The minimum Gasteiger partial charge on any atom is -0.208 e. The molecule has 1 aromatic heterocycles. The SMILES string of the molecule is c1ccc(-c2cccc(-c3nc(-c4ccc5cc(-c6ccccc6)ccc5c4)nc(-c4cc(-c5cccc(-c6ccccc6)c5)c5ccccc5c4)n3)c2)cc1. The molecule has 0 fully saturated rings. The van der Waals surface area contributed by atoms with Crippen molar-refractivity contribution in [1.29, 1.82) is 0 Å². The molecule has 56 heavy (non-hydrogen) atoms. The Morgan fingerprint density at radius 2 is 0.607 bits per heavy atom. The van der Waals surface area contributed by atoms with Gasteiger partial charge in [0.25, 0.3) is 0 Å². The van der Waals surface area contributed by atoms with Crippen LogP contribution in [0.4, 0.5) is 0 Å². The van der Waals surface area contributed by atoms with Crippen molar-refractivity contribution in [1.82, 2.24) is 15.0 Å². The van der Waals surface area contributed by atoms with Gasteiger partial charge in [-0.25, -0.2) is 15.0 Å². The Bertz CT molecular complexity index is 3010. The van der Waals surface area contributed by atoms with Gasteiger partial charge in [0.05, 0.1) is 0 Å². The van der Waals surface area contributed by atoms with E-state index in [9.17, 15) is 0 Å². The largest absolute Gasteiger partial charge is 0.208 e. The Balaban J connectivity index is 1.14. The first-order valence-corrected chi connectivity index (χ1v) is 18.9. The van der Waals surface area contributed by atoms with Gasteiger partial charge in [-0.3, -0.25) is 0 Å². The first-order valence-electron chi connectivity index (χ1n) is 18.9. The second-order valence-electron chi connectivity index (χ2n) is 14.1. The molecule has 0 aliphatic carbocycles. The van der Waals surface area contributed by atoms with E-state index in [1.165, 1.54) is 27.6 Å². The molecule has 0 saturated carbocycles. The zero-order valence-electron chi connectivity index (χ0n) is 30.5. The number of hydrogen-bond donors (Lipinski definition) is 0. The summed E-state index contributed by atoms with van der Waals surface area (Å²) >= 11 is 0. The number of hydrogen-bond acceptors (Lipinski definition) is 3. The molecule has 10 aromatic rings. The van der Waals surface area contributed by atoms with Gasteiger partial charge in [-0.1, -0.05) is 176 Å². The van der Waals surface area contributed by atoms with Gasteiger partial charge in [0, 0.05) is 16.7 Å². The van der Waals surface area contributed by atoms with Crippen molar-refractivity contribution in [2.45, 2.75) is 0 Å². The van der Waals surface area contributed by atoms with Crippen LogP contribution in [0.5, 0.6) is 0 Å². The molecule has 0 atom stereocenters. The minimum atomic E-state index is 0.626. The van der Waals surface area contributed by atoms with Crippen molar-refractivity contribution in [3.05, 3.63) is 212 Å². The molecular formula is C53H35N3. The summed E-state index contributed by atoms with van der Waals surface area (Å²) in [5, 5.41) is 4.59. The Hall–Kier alpha value is -7.49. The van der Waals surface area contributed by atoms with Crippen LogP contribution in [0.2, 0.25) is 0 Å². The smallest absolute Gasteiger partial charge is 0.164 e. The maximum Gasteiger partial charge on any atom is 0.164 e. The van der Waals surface area contributed by atoms with Crippen molar-refractivity contribution >= 4 is 21.5 Å². The maximum atomic E-state index is 5.24. The van der Waals surface area contributed by atoms with Crippen LogP contribution in [-0.4, -0.2) is 15.0 Å². The van der Waals surface area contributed by atoms with Gasteiger partial charge in [0.2, 0.25) is 0 Å². The molecule has 1 heterocycles. The van der Waals surface area contributed by atoms with Crippen LogP contribution < -0.4 is 0 Å². The molecule has 0 aliphatic heterocycles. The van der Waals surface area contributed by atoms with Crippen molar-refractivity contribution in [2.24, 2.45) is 0 Å². The number of nitrogens with zero attached hydrogens (tertiary/aromatic N) is 3.